The van der Waals surface area contributed by atoms with Gasteiger partial charge in [-0.15, -0.1) is 11.3 Å². The summed E-state index contributed by atoms with van der Waals surface area (Å²) in [6.07, 6.45) is 2.18. The van der Waals surface area contributed by atoms with E-state index in [4.69, 9.17) is 9.47 Å². The Labute approximate surface area is 193 Å². The molecule has 0 saturated carbocycles. The summed E-state index contributed by atoms with van der Waals surface area (Å²) < 4.78 is 11.0. The van der Waals surface area contributed by atoms with Gasteiger partial charge in [-0.05, 0) is 56.2 Å². The van der Waals surface area contributed by atoms with Gasteiger partial charge in [-0.25, -0.2) is 4.98 Å². The Bertz CT molecular complexity index is 1010. The number of rotatable bonds is 8. The minimum Gasteiger partial charge on any atom is -0.497 e. The highest BCUT2D eigenvalue weighted by Crippen LogP contribution is 2.23. The molecule has 2 aromatic carbocycles. The van der Waals surface area contributed by atoms with E-state index in [1.165, 1.54) is 22.6 Å². The molecule has 1 aliphatic heterocycles. The number of hydrogen-bond donors (Lipinski definition) is 1. The van der Waals surface area contributed by atoms with Gasteiger partial charge in [-0.1, -0.05) is 17.7 Å². The van der Waals surface area contributed by atoms with E-state index < -0.39 is 0 Å². The van der Waals surface area contributed by atoms with Crippen molar-refractivity contribution in [3.63, 3.8) is 0 Å². The van der Waals surface area contributed by atoms with Gasteiger partial charge < -0.3 is 19.7 Å². The third-order valence-corrected chi connectivity index (χ3v) is 6.49. The third kappa shape index (κ3) is 6.01. The smallest absolute Gasteiger partial charge is 0.226 e. The zero-order valence-corrected chi connectivity index (χ0v) is 19.4. The van der Waals surface area contributed by atoms with Crippen LogP contribution in [0.1, 0.15) is 29.1 Å². The molecule has 168 valence electrons. The lowest BCUT2D eigenvalue weighted by molar-refractivity contribution is -0.121. The second kappa shape index (κ2) is 10.5. The quantitative estimate of drug-likeness (QED) is 0.551. The second-order valence-electron chi connectivity index (χ2n) is 8.04. The fourth-order valence-corrected chi connectivity index (χ4v) is 4.50. The molecule has 0 aliphatic carbocycles. The average Bonchev–Trinajstić information content (AvgIpc) is 3.26. The zero-order valence-electron chi connectivity index (χ0n) is 18.5. The lowest BCUT2D eigenvalue weighted by Gasteiger charge is -2.34. The fraction of sp³-hybridized carbons (Fsp3) is 0.360. The van der Waals surface area contributed by atoms with Crippen LogP contribution in [-0.4, -0.2) is 37.1 Å². The highest BCUT2D eigenvalue weighted by molar-refractivity contribution is 7.09. The number of hydrogen-bond acceptors (Lipinski definition) is 6. The molecule has 1 aromatic heterocycles. The van der Waals surface area contributed by atoms with Crippen LogP contribution in [-0.2, 0) is 17.8 Å². The van der Waals surface area contributed by atoms with Gasteiger partial charge in [-0.2, -0.15) is 0 Å². The Kier molecular flexibility index (Phi) is 7.27. The van der Waals surface area contributed by atoms with Crippen molar-refractivity contribution in [2.24, 2.45) is 0 Å². The van der Waals surface area contributed by atoms with Gasteiger partial charge in [0.05, 0.1) is 19.2 Å². The van der Waals surface area contributed by atoms with E-state index in [2.05, 4.69) is 27.3 Å². The predicted octanol–water partition coefficient (Wildman–Crippen LogP) is 4.37. The minimum atomic E-state index is 0.0317. The number of benzene rings is 2. The van der Waals surface area contributed by atoms with Gasteiger partial charge in [0.1, 0.15) is 23.1 Å². The lowest BCUT2D eigenvalue weighted by Crippen LogP contribution is -2.45. The SMILES string of the molecule is COc1ccc(N2CCC(NC(=O)Cc3csc(COc4ccc(C)cc4)n3)CC2)cc1. The standard InChI is InChI=1S/C25H29N3O3S/c1-18-3-7-23(8-4-18)31-16-25-27-20(17-32-25)15-24(29)26-19-11-13-28(14-12-19)21-5-9-22(30-2)10-6-21/h3-10,17,19H,11-16H2,1-2H3,(H,26,29). The summed E-state index contributed by atoms with van der Waals surface area (Å²) >= 11 is 1.53. The molecule has 0 bridgehead atoms. The summed E-state index contributed by atoms with van der Waals surface area (Å²) in [4.78, 5) is 19.4. The summed E-state index contributed by atoms with van der Waals surface area (Å²) in [5, 5.41) is 6.00. The van der Waals surface area contributed by atoms with Crippen LogP contribution in [0.4, 0.5) is 5.69 Å². The Morgan fingerprint density at radius 3 is 2.47 bits per heavy atom. The van der Waals surface area contributed by atoms with Gasteiger partial charge >= 0.3 is 0 Å². The number of aryl methyl sites for hydroxylation is 1. The van der Waals surface area contributed by atoms with E-state index in [9.17, 15) is 4.79 Å². The molecular formula is C25H29N3O3S. The van der Waals surface area contributed by atoms with Crippen LogP contribution in [0, 0.1) is 6.92 Å². The number of amides is 1. The number of methoxy groups -OCH3 is 1. The molecule has 0 radical (unpaired) electrons. The van der Waals surface area contributed by atoms with Gasteiger partial charge in [0.2, 0.25) is 5.91 Å². The van der Waals surface area contributed by atoms with Gasteiger partial charge in [0.25, 0.3) is 0 Å². The number of aromatic nitrogens is 1. The number of ether oxygens (including phenoxy) is 2. The molecule has 1 amide bonds. The number of nitrogens with one attached hydrogen (secondary N) is 1. The van der Waals surface area contributed by atoms with Gasteiger partial charge in [0, 0.05) is 30.2 Å². The molecule has 1 fully saturated rings. The van der Waals surface area contributed by atoms with Crippen LogP contribution in [0.25, 0.3) is 0 Å². The molecule has 3 aromatic rings. The monoisotopic (exact) mass is 451 g/mol. The highest BCUT2D eigenvalue weighted by atomic mass is 32.1. The zero-order chi connectivity index (χ0) is 22.3. The topological polar surface area (TPSA) is 63.7 Å². The van der Waals surface area contributed by atoms with E-state index in [1.807, 2.05) is 48.7 Å². The Hall–Kier alpha value is -3.06. The molecule has 6 nitrogen and oxygen atoms in total. The molecule has 32 heavy (non-hydrogen) atoms. The molecule has 1 aliphatic rings. The third-order valence-electron chi connectivity index (χ3n) is 5.62. The van der Waals surface area contributed by atoms with Crippen molar-refractivity contribution in [1.82, 2.24) is 10.3 Å². The van der Waals surface area contributed by atoms with Crippen LogP contribution in [0.2, 0.25) is 0 Å². The molecule has 2 heterocycles. The Morgan fingerprint density at radius 1 is 1.09 bits per heavy atom. The summed E-state index contributed by atoms with van der Waals surface area (Å²) in [6, 6.07) is 16.3. The first-order chi connectivity index (χ1) is 15.6. The maximum atomic E-state index is 12.5. The van der Waals surface area contributed by atoms with Crippen molar-refractivity contribution in [3.05, 3.63) is 70.2 Å². The van der Waals surface area contributed by atoms with Crippen LogP contribution in [0.3, 0.4) is 0 Å². The number of carbonyl (C=O) groups excluding carboxylic acids is 1. The predicted molar refractivity (Wildman–Crippen MR) is 128 cm³/mol. The van der Waals surface area contributed by atoms with Crippen LogP contribution in [0.15, 0.2) is 53.9 Å². The lowest BCUT2D eigenvalue weighted by atomic mass is 10.0. The van der Waals surface area contributed by atoms with E-state index in [0.717, 1.165) is 48.1 Å². The summed E-state index contributed by atoms with van der Waals surface area (Å²) in [7, 11) is 1.68. The van der Waals surface area contributed by atoms with Gasteiger partial charge in [0.15, 0.2) is 0 Å². The number of piperidine rings is 1. The van der Waals surface area contributed by atoms with E-state index in [0.29, 0.717) is 13.0 Å². The fourth-order valence-electron chi connectivity index (χ4n) is 3.79. The average molecular weight is 452 g/mol. The number of nitrogens with zero attached hydrogens (tertiary/aromatic N) is 2. The number of carbonyl (C=O) groups is 1. The maximum absolute atomic E-state index is 12.5. The van der Waals surface area contributed by atoms with Crippen molar-refractivity contribution in [1.29, 1.82) is 0 Å². The molecule has 7 heteroatoms. The van der Waals surface area contributed by atoms with Crippen molar-refractivity contribution >= 4 is 22.9 Å². The molecule has 4 rings (SSSR count). The van der Waals surface area contributed by atoms with Crippen LogP contribution < -0.4 is 19.7 Å². The number of thiazole rings is 1. The maximum Gasteiger partial charge on any atom is 0.226 e. The molecule has 0 spiro atoms. The molecule has 1 N–H and O–H groups in total. The van der Waals surface area contributed by atoms with Crippen molar-refractivity contribution in [2.75, 3.05) is 25.1 Å². The Morgan fingerprint density at radius 2 is 1.78 bits per heavy atom. The van der Waals surface area contributed by atoms with E-state index in [1.54, 1.807) is 7.11 Å². The van der Waals surface area contributed by atoms with Crippen molar-refractivity contribution < 1.29 is 14.3 Å². The molecule has 1 saturated heterocycles. The normalized spacial score (nSPS) is 14.2. The summed E-state index contributed by atoms with van der Waals surface area (Å²) in [6.45, 7) is 4.31. The molecule has 0 atom stereocenters. The summed E-state index contributed by atoms with van der Waals surface area (Å²) in [5.41, 5.74) is 3.19. The Balaban J connectivity index is 1.20. The number of anilines is 1. The highest BCUT2D eigenvalue weighted by Gasteiger charge is 2.21. The summed E-state index contributed by atoms with van der Waals surface area (Å²) in [5.74, 6) is 1.72. The van der Waals surface area contributed by atoms with Crippen LogP contribution in [0.5, 0.6) is 11.5 Å². The molecule has 0 unspecified atom stereocenters. The second-order valence-corrected chi connectivity index (χ2v) is 8.98. The molecular weight excluding hydrogens is 422 g/mol. The largest absolute Gasteiger partial charge is 0.497 e. The first-order valence-corrected chi connectivity index (χ1v) is 11.8. The first-order valence-electron chi connectivity index (χ1n) is 10.9. The van der Waals surface area contributed by atoms with Gasteiger partial charge in [-0.3, -0.25) is 4.79 Å². The van der Waals surface area contributed by atoms with E-state index in [-0.39, 0.29) is 11.9 Å². The van der Waals surface area contributed by atoms with Crippen LogP contribution >= 0.6 is 11.3 Å². The first kappa shape index (κ1) is 22.1. The van der Waals surface area contributed by atoms with Crippen molar-refractivity contribution in [3.8, 4) is 11.5 Å². The van der Waals surface area contributed by atoms with Crippen molar-refractivity contribution in [2.45, 2.75) is 38.8 Å². The van der Waals surface area contributed by atoms with E-state index >= 15 is 0 Å². The minimum absolute atomic E-state index is 0.0317.